The second kappa shape index (κ2) is 12.2. The fourth-order valence-electron chi connectivity index (χ4n) is 3.94. The topological polar surface area (TPSA) is 114 Å². The fraction of sp³-hybridized carbons (Fsp3) is 0.207. The molecule has 0 aliphatic rings. The van der Waals surface area contributed by atoms with Crippen LogP contribution in [0, 0.1) is 12.7 Å². The lowest BCUT2D eigenvalue weighted by Gasteiger charge is -2.15. The Morgan fingerprint density at radius 1 is 1.03 bits per heavy atom. The second-order valence-electron chi connectivity index (χ2n) is 8.82. The molecule has 196 valence electrons. The van der Waals surface area contributed by atoms with Crippen molar-refractivity contribution in [2.75, 3.05) is 5.32 Å². The molecule has 0 saturated carbocycles. The molecule has 3 aromatic carbocycles. The van der Waals surface area contributed by atoms with Gasteiger partial charge in [-0.2, -0.15) is 0 Å². The Labute approximate surface area is 219 Å². The van der Waals surface area contributed by atoms with E-state index >= 15 is 0 Å². The zero-order valence-electron chi connectivity index (χ0n) is 21.0. The molecule has 0 saturated heterocycles. The van der Waals surface area contributed by atoms with Gasteiger partial charge >= 0.3 is 12.1 Å². The molecule has 0 spiro atoms. The number of hydrogen-bond donors (Lipinski definition) is 3. The number of aryl methyl sites for hydroxylation is 1. The quantitative estimate of drug-likeness (QED) is 0.241. The summed E-state index contributed by atoms with van der Waals surface area (Å²) in [6.07, 6.45) is -1.06. The van der Waals surface area contributed by atoms with Crippen molar-refractivity contribution in [1.82, 2.24) is 10.5 Å². The molecule has 0 bridgehead atoms. The summed E-state index contributed by atoms with van der Waals surface area (Å²) in [7, 11) is 0. The highest BCUT2D eigenvalue weighted by atomic mass is 19.1. The molecule has 4 aromatic rings. The predicted molar refractivity (Wildman–Crippen MR) is 140 cm³/mol. The highest BCUT2D eigenvalue weighted by Crippen LogP contribution is 2.31. The number of anilines is 1. The second-order valence-corrected chi connectivity index (χ2v) is 8.82. The average Bonchev–Trinajstić information content (AvgIpc) is 3.27. The van der Waals surface area contributed by atoms with Crippen molar-refractivity contribution in [2.45, 2.75) is 39.0 Å². The average molecular weight is 518 g/mol. The smallest absolute Gasteiger partial charge is 0.412 e. The van der Waals surface area contributed by atoms with Gasteiger partial charge in [0.05, 0.1) is 0 Å². The zero-order chi connectivity index (χ0) is 27.1. The first-order chi connectivity index (χ1) is 18.3. The third-order valence-electron chi connectivity index (χ3n) is 6.09. The summed E-state index contributed by atoms with van der Waals surface area (Å²) in [4.78, 5) is 24.3. The van der Waals surface area contributed by atoms with Crippen molar-refractivity contribution in [3.05, 3.63) is 107 Å². The number of ether oxygens (including phenoxy) is 1. The summed E-state index contributed by atoms with van der Waals surface area (Å²) in [6, 6.07) is 21.7. The van der Waals surface area contributed by atoms with E-state index in [4.69, 9.17) is 9.26 Å². The van der Waals surface area contributed by atoms with E-state index in [0.29, 0.717) is 28.3 Å². The predicted octanol–water partition coefficient (Wildman–Crippen LogP) is 5.88. The molecule has 8 nitrogen and oxygen atoms in total. The van der Waals surface area contributed by atoms with Crippen molar-refractivity contribution < 1.29 is 28.3 Å². The minimum Gasteiger partial charge on any atom is -0.480 e. The largest absolute Gasteiger partial charge is 0.480 e. The van der Waals surface area contributed by atoms with Crippen LogP contribution in [0.2, 0.25) is 0 Å². The third-order valence-corrected chi connectivity index (χ3v) is 6.09. The van der Waals surface area contributed by atoms with Gasteiger partial charge in [0.2, 0.25) is 0 Å². The molecule has 0 aliphatic heterocycles. The Kier molecular flexibility index (Phi) is 8.50. The Morgan fingerprint density at radius 3 is 2.39 bits per heavy atom. The number of carboxylic acid groups (broad SMARTS) is 1. The molecular weight excluding hydrogens is 489 g/mol. The van der Waals surface area contributed by atoms with Gasteiger partial charge in [-0.15, -0.1) is 0 Å². The molecule has 38 heavy (non-hydrogen) atoms. The van der Waals surface area contributed by atoms with Crippen LogP contribution in [0.4, 0.5) is 14.9 Å². The molecule has 1 aromatic heterocycles. The van der Waals surface area contributed by atoms with Gasteiger partial charge in [-0.3, -0.25) is 10.1 Å². The molecule has 2 atom stereocenters. The minimum absolute atomic E-state index is 0.0193. The molecule has 4 rings (SSSR count). The maximum absolute atomic E-state index is 14.0. The van der Waals surface area contributed by atoms with E-state index in [-0.39, 0.29) is 13.0 Å². The number of amides is 1. The van der Waals surface area contributed by atoms with E-state index in [1.807, 2.05) is 42.5 Å². The number of aliphatic carboxylic acids is 1. The lowest BCUT2D eigenvalue weighted by atomic mass is 10.0. The molecule has 3 N–H and O–H groups in total. The molecule has 0 radical (unpaired) electrons. The normalized spacial score (nSPS) is 12.5. The van der Waals surface area contributed by atoms with Crippen LogP contribution in [0.1, 0.15) is 35.4 Å². The number of halogens is 1. The van der Waals surface area contributed by atoms with Crippen LogP contribution in [0.3, 0.4) is 0 Å². The van der Waals surface area contributed by atoms with Gasteiger partial charge in [0, 0.05) is 18.5 Å². The highest BCUT2D eigenvalue weighted by molar-refractivity contribution is 5.90. The number of carbonyl (C=O) groups excluding carboxylic acids is 1. The molecule has 1 heterocycles. The van der Waals surface area contributed by atoms with E-state index < -0.39 is 30.0 Å². The van der Waals surface area contributed by atoms with Crippen molar-refractivity contribution >= 4 is 17.7 Å². The number of aromatic nitrogens is 1. The van der Waals surface area contributed by atoms with Gasteiger partial charge in [0.25, 0.3) is 0 Å². The van der Waals surface area contributed by atoms with E-state index in [1.54, 1.807) is 44.2 Å². The summed E-state index contributed by atoms with van der Waals surface area (Å²) < 4.78 is 24.9. The Bertz CT molecular complexity index is 1390. The maximum atomic E-state index is 14.0. The number of rotatable bonds is 10. The number of benzene rings is 3. The van der Waals surface area contributed by atoms with Crippen molar-refractivity contribution in [3.8, 4) is 11.3 Å². The van der Waals surface area contributed by atoms with E-state index in [2.05, 4.69) is 15.8 Å². The standard InChI is InChI=1S/C29H28FN3O5/c1-18-26(32-29(36)37-19(2)21-8-4-3-5-9-21)27(38-33-18)22-14-12-20(13-15-22)17-31-25(28(34)35)16-23-10-6-7-11-24(23)30/h3-15,19,25,31H,16-17H2,1-2H3,(H,32,36)(H,34,35)/t19-,25?/m1/s1. The Morgan fingerprint density at radius 2 is 1.71 bits per heavy atom. The molecule has 1 unspecified atom stereocenters. The van der Waals surface area contributed by atoms with Gasteiger partial charge in [-0.25, -0.2) is 9.18 Å². The van der Waals surface area contributed by atoms with Gasteiger partial charge in [0.15, 0.2) is 5.76 Å². The third kappa shape index (κ3) is 6.63. The number of nitrogens with zero attached hydrogens (tertiary/aromatic N) is 1. The van der Waals surface area contributed by atoms with Crippen LogP contribution in [-0.2, 0) is 22.5 Å². The van der Waals surface area contributed by atoms with Gasteiger partial charge in [0.1, 0.15) is 29.3 Å². The number of carboxylic acids is 1. The summed E-state index contributed by atoms with van der Waals surface area (Å²) in [5, 5.41) is 19.2. The van der Waals surface area contributed by atoms with E-state index in [0.717, 1.165) is 11.1 Å². The first kappa shape index (κ1) is 26.6. The summed E-state index contributed by atoms with van der Waals surface area (Å²) >= 11 is 0. The molecular formula is C29H28FN3O5. The Balaban J connectivity index is 1.40. The van der Waals surface area contributed by atoms with Crippen LogP contribution in [0.15, 0.2) is 83.4 Å². The molecule has 1 amide bonds. The van der Waals surface area contributed by atoms with Crippen molar-refractivity contribution in [3.63, 3.8) is 0 Å². The van der Waals surface area contributed by atoms with Crippen LogP contribution < -0.4 is 10.6 Å². The minimum atomic E-state index is -1.06. The van der Waals surface area contributed by atoms with Crippen LogP contribution >= 0.6 is 0 Å². The SMILES string of the molecule is Cc1noc(-c2ccc(CNC(Cc3ccccc3F)C(=O)O)cc2)c1NC(=O)O[C@H](C)c1ccccc1. The molecule has 0 aliphatic carbocycles. The monoisotopic (exact) mass is 517 g/mol. The van der Waals surface area contributed by atoms with Gasteiger partial charge < -0.3 is 19.7 Å². The lowest BCUT2D eigenvalue weighted by Crippen LogP contribution is -2.38. The summed E-state index contributed by atoms with van der Waals surface area (Å²) in [6.45, 7) is 3.76. The number of carbonyl (C=O) groups is 2. The number of hydrogen-bond acceptors (Lipinski definition) is 6. The first-order valence-electron chi connectivity index (χ1n) is 12.1. The van der Waals surface area contributed by atoms with Crippen molar-refractivity contribution in [1.29, 1.82) is 0 Å². The van der Waals surface area contributed by atoms with Gasteiger partial charge in [-0.1, -0.05) is 78.0 Å². The first-order valence-corrected chi connectivity index (χ1v) is 12.1. The maximum Gasteiger partial charge on any atom is 0.412 e. The van der Waals surface area contributed by atoms with Crippen LogP contribution in [-0.4, -0.2) is 28.4 Å². The summed E-state index contributed by atoms with van der Waals surface area (Å²) in [5.74, 6) is -1.13. The fourth-order valence-corrected chi connectivity index (χ4v) is 3.94. The van der Waals surface area contributed by atoms with Crippen molar-refractivity contribution in [2.24, 2.45) is 0 Å². The molecule has 9 heteroatoms. The van der Waals surface area contributed by atoms with Crippen LogP contribution in [0.25, 0.3) is 11.3 Å². The van der Waals surface area contributed by atoms with E-state index in [9.17, 15) is 19.1 Å². The lowest BCUT2D eigenvalue weighted by molar-refractivity contribution is -0.139. The summed E-state index contributed by atoms with van der Waals surface area (Å²) in [5.41, 5.74) is 3.58. The molecule has 0 fully saturated rings. The Hall–Kier alpha value is -4.50. The van der Waals surface area contributed by atoms with E-state index in [1.165, 1.54) is 6.07 Å². The number of nitrogens with one attached hydrogen (secondary N) is 2. The zero-order valence-corrected chi connectivity index (χ0v) is 21.0. The van der Waals surface area contributed by atoms with Crippen LogP contribution in [0.5, 0.6) is 0 Å². The van der Waals surface area contributed by atoms with Gasteiger partial charge in [-0.05, 0) is 36.6 Å². The highest BCUT2D eigenvalue weighted by Gasteiger charge is 2.21.